The molecule has 204 valence electrons. The third kappa shape index (κ3) is 5.53. The van der Waals surface area contributed by atoms with Gasteiger partial charge in [-0.2, -0.15) is 0 Å². The fourth-order valence-electron chi connectivity index (χ4n) is 5.76. The highest BCUT2D eigenvalue weighted by atomic mass is 19.1. The predicted molar refractivity (Wildman–Crippen MR) is 146 cm³/mol. The minimum Gasteiger partial charge on any atom is -0.497 e. The minimum absolute atomic E-state index is 0.0646. The van der Waals surface area contributed by atoms with Crippen LogP contribution in [0.1, 0.15) is 57.5 Å². The number of fused-ring (bicyclic) bond motifs is 2. The minimum atomic E-state index is -0.434. The Balaban J connectivity index is 1.19. The third-order valence-corrected chi connectivity index (χ3v) is 7.79. The summed E-state index contributed by atoms with van der Waals surface area (Å²) >= 11 is 0. The van der Waals surface area contributed by atoms with Crippen LogP contribution in [0.3, 0.4) is 0 Å². The largest absolute Gasteiger partial charge is 0.497 e. The first kappa shape index (κ1) is 26.5. The summed E-state index contributed by atoms with van der Waals surface area (Å²) in [4.78, 5) is 32.6. The molecule has 2 bridgehead atoms. The molecular weight excluding hydrogens is 499 g/mol. The van der Waals surface area contributed by atoms with Gasteiger partial charge in [0.1, 0.15) is 23.1 Å². The van der Waals surface area contributed by atoms with Crippen molar-refractivity contribution in [2.24, 2.45) is 0 Å². The molecule has 2 amide bonds. The molecule has 2 saturated heterocycles. The van der Waals surface area contributed by atoms with Crippen molar-refractivity contribution < 1.29 is 23.5 Å². The maximum atomic E-state index is 14.2. The average Bonchev–Trinajstić information content (AvgIpc) is 3.22. The molecule has 3 heterocycles. The molecule has 2 aromatic carbocycles. The van der Waals surface area contributed by atoms with Crippen LogP contribution in [-0.4, -0.2) is 49.1 Å². The molecule has 9 heteroatoms. The summed E-state index contributed by atoms with van der Waals surface area (Å²) in [5, 5.41) is 5.98. The number of hydrogen-bond acceptors (Lipinski definition) is 6. The molecular formula is C30H33FN4O4. The van der Waals surface area contributed by atoms with Crippen LogP contribution in [0.15, 0.2) is 54.7 Å². The lowest BCUT2D eigenvalue weighted by Gasteiger charge is -2.40. The van der Waals surface area contributed by atoms with Gasteiger partial charge in [-0.15, -0.1) is 0 Å². The van der Waals surface area contributed by atoms with Gasteiger partial charge in [-0.25, -0.2) is 9.37 Å². The van der Waals surface area contributed by atoms with Crippen molar-refractivity contribution in [3.8, 4) is 11.5 Å². The van der Waals surface area contributed by atoms with E-state index >= 15 is 0 Å². The zero-order valence-electron chi connectivity index (χ0n) is 22.4. The molecule has 0 radical (unpaired) electrons. The van der Waals surface area contributed by atoms with Crippen LogP contribution in [0, 0.1) is 12.7 Å². The molecule has 2 aliphatic rings. The van der Waals surface area contributed by atoms with Crippen LogP contribution >= 0.6 is 0 Å². The van der Waals surface area contributed by atoms with E-state index in [2.05, 4.69) is 20.5 Å². The van der Waals surface area contributed by atoms with E-state index < -0.39 is 5.82 Å². The number of benzene rings is 2. The van der Waals surface area contributed by atoms with Crippen molar-refractivity contribution >= 4 is 17.6 Å². The van der Waals surface area contributed by atoms with E-state index in [0.29, 0.717) is 28.2 Å². The van der Waals surface area contributed by atoms with Crippen LogP contribution in [0.5, 0.6) is 11.5 Å². The summed E-state index contributed by atoms with van der Waals surface area (Å²) in [6.45, 7) is 1.96. The van der Waals surface area contributed by atoms with Gasteiger partial charge in [-0.1, -0.05) is 12.1 Å². The van der Waals surface area contributed by atoms with Gasteiger partial charge in [0.25, 0.3) is 11.8 Å². The fraction of sp³-hybridized carbons (Fsp3) is 0.367. The summed E-state index contributed by atoms with van der Waals surface area (Å²) in [6.07, 6.45) is 5.30. The molecule has 39 heavy (non-hydrogen) atoms. The number of nitrogens with one attached hydrogen (secondary N) is 2. The molecule has 0 spiro atoms. The van der Waals surface area contributed by atoms with E-state index in [1.54, 1.807) is 31.5 Å². The van der Waals surface area contributed by atoms with Crippen molar-refractivity contribution in [3.63, 3.8) is 0 Å². The number of hydrogen-bond donors (Lipinski definition) is 2. The van der Waals surface area contributed by atoms with Crippen molar-refractivity contribution in [3.05, 3.63) is 82.8 Å². The topological polar surface area (TPSA) is 92.8 Å². The third-order valence-electron chi connectivity index (χ3n) is 7.79. The Morgan fingerprint density at radius 1 is 1.03 bits per heavy atom. The number of carbonyl (C=O) groups excluding carboxylic acids is 2. The molecule has 2 aliphatic heterocycles. The molecule has 1 aromatic heterocycles. The number of halogens is 1. The van der Waals surface area contributed by atoms with Crippen molar-refractivity contribution in [2.45, 2.75) is 57.3 Å². The van der Waals surface area contributed by atoms with Crippen LogP contribution in [0.4, 0.5) is 10.2 Å². The van der Waals surface area contributed by atoms with Crippen LogP contribution in [0.2, 0.25) is 0 Å². The molecule has 3 aromatic rings. The molecule has 0 aliphatic carbocycles. The normalized spacial score (nSPS) is 19.9. The van der Waals surface area contributed by atoms with Crippen LogP contribution in [0.25, 0.3) is 0 Å². The lowest BCUT2D eigenvalue weighted by molar-refractivity contribution is 0.0923. The second-order valence-corrected chi connectivity index (χ2v) is 10.1. The Morgan fingerprint density at radius 3 is 2.44 bits per heavy atom. The van der Waals surface area contributed by atoms with Gasteiger partial charge < -0.3 is 25.0 Å². The Hall–Kier alpha value is -4.14. The number of rotatable bonds is 8. The monoisotopic (exact) mass is 532 g/mol. The number of aromatic nitrogens is 1. The Kier molecular flexibility index (Phi) is 7.67. The van der Waals surface area contributed by atoms with E-state index in [1.165, 1.54) is 13.2 Å². The zero-order valence-corrected chi connectivity index (χ0v) is 22.4. The number of ether oxygens (including phenoxy) is 2. The van der Waals surface area contributed by atoms with Gasteiger partial charge in [0.15, 0.2) is 0 Å². The lowest BCUT2D eigenvalue weighted by Crippen LogP contribution is -2.50. The molecule has 1 unspecified atom stereocenters. The van der Waals surface area contributed by atoms with Gasteiger partial charge in [-0.05, 0) is 62.9 Å². The van der Waals surface area contributed by atoms with Gasteiger partial charge in [0, 0.05) is 53.6 Å². The van der Waals surface area contributed by atoms with Crippen LogP contribution in [-0.2, 0) is 6.54 Å². The predicted octanol–water partition coefficient (Wildman–Crippen LogP) is 4.41. The summed E-state index contributed by atoms with van der Waals surface area (Å²) in [7, 11) is 3.08. The second kappa shape index (κ2) is 11.3. The number of nitrogens with zero attached hydrogens (tertiary/aromatic N) is 2. The zero-order chi connectivity index (χ0) is 27.5. The number of methoxy groups -OCH3 is 2. The Morgan fingerprint density at radius 2 is 1.79 bits per heavy atom. The second-order valence-electron chi connectivity index (χ2n) is 10.1. The van der Waals surface area contributed by atoms with Crippen molar-refractivity contribution in [2.75, 3.05) is 19.1 Å². The number of amides is 2. The number of pyridine rings is 1. The molecule has 0 saturated carbocycles. The van der Waals surface area contributed by atoms with E-state index in [-0.39, 0.29) is 36.5 Å². The maximum Gasteiger partial charge on any atom is 0.253 e. The number of carbonyl (C=O) groups is 2. The smallest absolute Gasteiger partial charge is 0.253 e. The highest BCUT2D eigenvalue weighted by molar-refractivity contribution is 5.96. The number of anilines is 1. The van der Waals surface area contributed by atoms with E-state index in [1.807, 2.05) is 31.2 Å². The SMILES string of the molecule is COc1ccc(CNC(=O)c2ccc(N3[C@@H]4CC[C@H]3CC(NC(=O)c3cccc(OC)c3C)C4)nc2)c(F)c1. The Bertz CT molecular complexity index is 1350. The molecule has 3 atom stereocenters. The first-order valence-corrected chi connectivity index (χ1v) is 13.2. The van der Waals surface area contributed by atoms with Gasteiger partial charge in [-0.3, -0.25) is 9.59 Å². The van der Waals surface area contributed by atoms with Crippen molar-refractivity contribution in [1.29, 1.82) is 0 Å². The maximum absolute atomic E-state index is 14.2. The first-order chi connectivity index (χ1) is 18.9. The molecule has 5 rings (SSSR count). The standard InChI is InChI=1S/C30H33FN4O4/c1-18-25(5-4-6-27(18)39-3)30(37)34-21-13-22-9-10-23(14-21)35(22)28-12-8-20(17-32-28)29(36)33-16-19-7-11-24(38-2)15-26(19)31/h4-8,11-12,15,17,21-23H,9-10,13-14,16H2,1-3H3,(H,33,36)(H,34,37)/t21?,22-,23+. The van der Waals surface area contributed by atoms with Crippen molar-refractivity contribution in [1.82, 2.24) is 15.6 Å². The molecule has 8 nitrogen and oxygen atoms in total. The summed E-state index contributed by atoms with van der Waals surface area (Å²) in [5.41, 5.74) is 2.26. The van der Waals surface area contributed by atoms with Gasteiger partial charge >= 0.3 is 0 Å². The number of piperidine rings is 1. The molecule has 2 N–H and O–H groups in total. The van der Waals surface area contributed by atoms with E-state index in [9.17, 15) is 14.0 Å². The van der Waals surface area contributed by atoms with Gasteiger partial charge in [0.05, 0.1) is 19.8 Å². The fourth-order valence-corrected chi connectivity index (χ4v) is 5.76. The Labute approximate surface area is 227 Å². The van der Waals surface area contributed by atoms with E-state index in [4.69, 9.17) is 9.47 Å². The van der Waals surface area contributed by atoms with E-state index in [0.717, 1.165) is 37.1 Å². The molecule has 2 fully saturated rings. The summed E-state index contributed by atoms with van der Waals surface area (Å²) in [6, 6.07) is 14.3. The first-order valence-electron chi connectivity index (χ1n) is 13.2. The van der Waals surface area contributed by atoms with Gasteiger partial charge in [0.2, 0.25) is 0 Å². The average molecular weight is 533 g/mol. The quantitative estimate of drug-likeness (QED) is 0.447. The van der Waals surface area contributed by atoms with Crippen LogP contribution < -0.4 is 25.0 Å². The highest BCUT2D eigenvalue weighted by Gasteiger charge is 2.42. The summed E-state index contributed by atoms with van der Waals surface area (Å²) < 4.78 is 24.6. The summed E-state index contributed by atoms with van der Waals surface area (Å²) in [5.74, 6) is 1.13. The highest BCUT2D eigenvalue weighted by Crippen LogP contribution is 2.38. The lowest BCUT2D eigenvalue weighted by atomic mass is 9.96.